The van der Waals surface area contributed by atoms with Gasteiger partial charge in [0.25, 0.3) is 5.91 Å². The molecule has 3 aliphatic heterocycles. The maximum atomic E-state index is 12.7. The number of nitrogens with zero attached hydrogens (tertiary/aromatic N) is 1. The lowest BCUT2D eigenvalue weighted by molar-refractivity contribution is -0.136. The lowest BCUT2D eigenvalue weighted by atomic mass is 9.97. The molecule has 4 N–H and O–H groups in total. The minimum absolute atomic E-state index is 0.153. The molecule has 1 unspecified atom stereocenters. The van der Waals surface area contributed by atoms with Gasteiger partial charge in [0.1, 0.15) is 6.04 Å². The van der Waals surface area contributed by atoms with E-state index in [1.807, 2.05) is 18.2 Å². The zero-order chi connectivity index (χ0) is 18.3. The number of piperidine rings is 1. The maximum Gasteiger partial charge on any atom is 0.255 e. The summed E-state index contributed by atoms with van der Waals surface area (Å²) in [5.41, 5.74) is 8.24. The third-order valence-electron chi connectivity index (χ3n) is 5.40. The van der Waals surface area contributed by atoms with Crippen LogP contribution in [0.25, 0.3) is 0 Å². The molecule has 3 heterocycles. The van der Waals surface area contributed by atoms with Crippen LogP contribution in [0.1, 0.15) is 34.3 Å². The number of benzene rings is 1. The molecule has 0 saturated carbocycles. The molecule has 4 rings (SSSR count). The second-order valence-corrected chi connectivity index (χ2v) is 7.22. The Balaban J connectivity index is 1.46. The van der Waals surface area contributed by atoms with E-state index in [9.17, 15) is 14.4 Å². The molecule has 3 amide bonds. The van der Waals surface area contributed by atoms with Crippen molar-refractivity contribution < 1.29 is 19.1 Å². The summed E-state index contributed by atoms with van der Waals surface area (Å²) in [4.78, 5) is 37.6. The number of hydrogen-bond acceptors (Lipinski definition) is 6. The molecule has 138 valence electrons. The third-order valence-corrected chi connectivity index (χ3v) is 5.40. The molecule has 1 aromatic rings. The lowest BCUT2D eigenvalue weighted by Gasteiger charge is -2.41. The van der Waals surface area contributed by atoms with Gasteiger partial charge in [-0.1, -0.05) is 12.1 Å². The van der Waals surface area contributed by atoms with E-state index in [0.717, 1.165) is 11.1 Å². The van der Waals surface area contributed by atoms with Crippen LogP contribution in [0.15, 0.2) is 18.2 Å². The predicted octanol–water partition coefficient (Wildman–Crippen LogP) is -0.735. The minimum Gasteiger partial charge on any atom is -0.377 e. The van der Waals surface area contributed by atoms with Crippen LogP contribution in [0.5, 0.6) is 0 Å². The van der Waals surface area contributed by atoms with Gasteiger partial charge in [0.2, 0.25) is 11.8 Å². The van der Waals surface area contributed by atoms with Gasteiger partial charge in [-0.2, -0.15) is 0 Å². The van der Waals surface area contributed by atoms with Gasteiger partial charge >= 0.3 is 0 Å². The molecule has 0 bridgehead atoms. The van der Waals surface area contributed by atoms with E-state index in [4.69, 9.17) is 10.5 Å². The zero-order valence-electron chi connectivity index (χ0n) is 14.4. The highest BCUT2D eigenvalue weighted by Crippen LogP contribution is 2.28. The second kappa shape index (κ2) is 6.46. The summed E-state index contributed by atoms with van der Waals surface area (Å²) in [6.07, 6.45) is 0.632. The summed E-state index contributed by atoms with van der Waals surface area (Å²) < 4.78 is 5.25. The van der Waals surface area contributed by atoms with Crippen molar-refractivity contribution in [1.29, 1.82) is 0 Å². The van der Waals surface area contributed by atoms with Gasteiger partial charge in [-0.25, -0.2) is 0 Å². The summed E-state index contributed by atoms with van der Waals surface area (Å²) >= 11 is 0. The number of carbonyl (C=O) groups excluding carboxylic acids is 3. The fraction of sp³-hybridized carbons (Fsp3) is 0.500. The Labute approximate surface area is 151 Å². The highest BCUT2D eigenvalue weighted by Gasteiger charge is 2.39. The number of amides is 3. The van der Waals surface area contributed by atoms with Crippen molar-refractivity contribution in [2.45, 2.75) is 37.5 Å². The average Bonchev–Trinajstić information content (AvgIpc) is 2.90. The van der Waals surface area contributed by atoms with Gasteiger partial charge in [-0.15, -0.1) is 0 Å². The first-order valence-electron chi connectivity index (χ1n) is 8.81. The highest BCUT2D eigenvalue weighted by atomic mass is 16.5. The molecular formula is C18H22N4O4. The Hall–Kier alpha value is -2.29. The summed E-state index contributed by atoms with van der Waals surface area (Å²) in [6.45, 7) is 2.76. The summed E-state index contributed by atoms with van der Waals surface area (Å²) in [5.74, 6) is -0.823. The maximum absolute atomic E-state index is 12.7. The molecule has 0 aliphatic carbocycles. The number of imide groups is 1. The van der Waals surface area contributed by atoms with Crippen LogP contribution in [0, 0.1) is 0 Å². The first kappa shape index (κ1) is 17.1. The van der Waals surface area contributed by atoms with Crippen LogP contribution < -0.4 is 16.4 Å². The SMILES string of the molecule is NCC1(NCc2ccc3c(c2)CN(C2CCC(=O)NC2=O)C3=O)COC1. The van der Waals surface area contributed by atoms with Crippen molar-refractivity contribution in [1.82, 2.24) is 15.5 Å². The summed E-state index contributed by atoms with van der Waals surface area (Å²) in [7, 11) is 0. The van der Waals surface area contributed by atoms with Crippen LogP contribution in [0.2, 0.25) is 0 Å². The Kier molecular flexibility index (Phi) is 4.26. The van der Waals surface area contributed by atoms with Crippen LogP contribution in [-0.2, 0) is 27.4 Å². The predicted molar refractivity (Wildman–Crippen MR) is 91.9 cm³/mol. The molecule has 0 spiro atoms. The number of fused-ring (bicyclic) bond motifs is 1. The van der Waals surface area contributed by atoms with E-state index in [1.54, 1.807) is 4.90 Å². The van der Waals surface area contributed by atoms with Gasteiger partial charge in [-0.05, 0) is 23.6 Å². The Morgan fingerprint density at radius 1 is 1.31 bits per heavy atom. The minimum atomic E-state index is -0.582. The molecule has 0 radical (unpaired) electrons. The number of nitrogens with two attached hydrogens (primary N) is 1. The van der Waals surface area contributed by atoms with Gasteiger partial charge in [0.05, 0.1) is 18.8 Å². The Bertz CT molecular complexity index is 769. The van der Waals surface area contributed by atoms with Gasteiger partial charge < -0.3 is 20.7 Å². The number of ether oxygens (including phenoxy) is 1. The average molecular weight is 358 g/mol. The van der Waals surface area contributed by atoms with Crippen molar-refractivity contribution in [2.75, 3.05) is 19.8 Å². The number of rotatable bonds is 5. The van der Waals surface area contributed by atoms with Crippen LogP contribution in [0.3, 0.4) is 0 Å². The molecule has 26 heavy (non-hydrogen) atoms. The topological polar surface area (TPSA) is 114 Å². The normalized spacial score (nSPS) is 24.3. The monoisotopic (exact) mass is 358 g/mol. The zero-order valence-corrected chi connectivity index (χ0v) is 14.4. The van der Waals surface area contributed by atoms with E-state index in [2.05, 4.69) is 10.6 Å². The largest absolute Gasteiger partial charge is 0.377 e. The van der Waals surface area contributed by atoms with Gasteiger partial charge in [0, 0.05) is 31.6 Å². The van der Waals surface area contributed by atoms with Crippen molar-refractivity contribution in [3.05, 3.63) is 34.9 Å². The lowest BCUT2D eigenvalue weighted by Crippen LogP contribution is -2.64. The molecule has 2 saturated heterocycles. The molecule has 8 heteroatoms. The number of carbonyl (C=O) groups is 3. The van der Waals surface area contributed by atoms with Crippen LogP contribution in [-0.4, -0.2) is 54.0 Å². The molecular weight excluding hydrogens is 336 g/mol. The molecule has 0 aromatic heterocycles. The van der Waals surface area contributed by atoms with E-state index in [0.29, 0.717) is 44.8 Å². The standard InChI is InChI=1S/C18H22N4O4/c19-8-18(9-26-10-18)20-6-11-1-2-13-12(5-11)7-22(17(13)25)14-3-4-15(23)21-16(14)24/h1-2,5,14,20H,3-4,6-10,19H2,(H,21,23,24). The Morgan fingerprint density at radius 2 is 2.12 bits per heavy atom. The summed E-state index contributed by atoms with van der Waals surface area (Å²) in [5, 5.41) is 5.75. The Morgan fingerprint density at radius 3 is 2.77 bits per heavy atom. The quantitative estimate of drug-likeness (QED) is 0.598. The van der Waals surface area contributed by atoms with Crippen molar-refractivity contribution in [3.8, 4) is 0 Å². The molecule has 1 aromatic carbocycles. The van der Waals surface area contributed by atoms with Gasteiger partial charge in [-0.3, -0.25) is 19.7 Å². The van der Waals surface area contributed by atoms with Gasteiger partial charge in [0.15, 0.2) is 0 Å². The number of nitrogens with one attached hydrogen (secondary N) is 2. The van der Waals surface area contributed by atoms with Crippen molar-refractivity contribution in [3.63, 3.8) is 0 Å². The highest BCUT2D eigenvalue weighted by molar-refractivity contribution is 6.05. The molecule has 3 aliphatic rings. The van der Waals surface area contributed by atoms with E-state index in [-0.39, 0.29) is 29.7 Å². The second-order valence-electron chi connectivity index (χ2n) is 7.22. The molecule has 1 atom stereocenters. The third kappa shape index (κ3) is 2.90. The van der Waals surface area contributed by atoms with Crippen LogP contribution >= 0.6 is 0 Å². The number of hydrogen-bond donors (Lipinski definition) is 3. The van der Waals surface area contributed by atoms with Crippen molar-refractivity contribution >= 4 is 17.7 Å². The molecule has 8 nitrogen and oxygen atoms in total. The summed E-state index contributed by atoms with van der Waals surface area (Å²) in [6, 6.07) is 5.14. The van der Waals surface area contributed by atoms with Crippen molar-refractivity contribution in [2.24, 2.45) is 5.73 Å². The fourth-order valence-electron chi connectivity index (χ4n) is 3.67. The van der Waals surface area contributed by atoms with E-state index in [1.165, 1.54) is 0 Å². The fourth-order valence-corrected chi connectivity index (χ4v) is 3.67. The van der Waals surface area contributed by atoms with E-state index >= 15 is 0 Å². The smallest absolute Gasteiger partial charge is 0.255 e. The first-order valence-corrected chi connectivity index (χ1v) is 8.81. The first-order chi connectivity index (χ1) is 12.5. The van der Waals surface area contributed by atoms with Crippen LogP contribution in [0.4, 0.5) is 0 Å². The molecule has 2 fully saturated rings. The van der Waals surface area contributed by atoms with E-state index < -0.39 is 6.04 Å².